The fraction of sp³-hybridized carbons (Fsp3) is 0.158. The fourth-order valence-electron chi connectivity index (χ4n) is 2.43. The highest BCUT2D eigenvalue weighted by molar-refractivity contribution is 5.96. The first-order chi connectivity index (χ1) is 11.7. The minimum Gasteiger partial charge on any atom is -0.490 e. The van der Waals surface area contributed by atoms with Crippen molar-refractivity contribution in [3.63, 3.8) is 0 Å². The molecule has 0 saturated carbocycles. The van der Waals surface area contributed by atoms with Gasteiger partial charge in [-0.3, -0.25) is 4.79 Å². The van der Waals surface area contributed by atoms with Gasteiger partial charge in [-0.1, -0.05) is 42.5 Å². The molecule has 1 aromatic heterocycles. The van der Waals surface area contributed by atoms with Crippen molar-refractivity contribution in [3.05, 3.63) is 71.3 Å². The van der Waals surface area contributed by atoms with Crippen LogP contribution in [0.15, 0.2) is 64.0 Å². The van der Waals surface area contributed by atoms with Crippen LogP contribution in [0, 0.1) is 0 Å². The molecule has 0 spiro atoms. The molecule has 0 aliphatic carbocycles. The number of hydrogen-bond donors (Lipinski definition) is 1. The van der Waals surface area contributed by atoms with E-state index >= 15 is 0 Å². The van der Waals surface area contributed by atoms with E-state index in [1.807, 2.05) is 55.5 Å². The topological polar surface area (TPSA) is 77.8 Å². The molecule has 0 unspecified atom stereocenters. The van der Waals surface area contributed by atoms with Gasteiger partial charge in [-0.2, -0.15) is 0 Å². The van der Waals surface area contributed by atoms with Gasteiger partial charge in [-0.05, 0) is 24.6 Å². The summed E-state index contributed by atoms with van der Waals surface area (Å²) in [6, 6.07) is 16.9. The molecule has 5 nitrogen and oxygen atoms in total. The summed E-state index contributed by atoms with van der Waals surface area (Å²) in [7, 11) is 0. The Morgan fingerprint density at radius 3 is 2.67 bits per heavy atom. The number of nitrogens with zero attached hydrogens (tertiary/aromatic N) is 1. The van der Waals surface area contributed by atoms with Crippen LogP contribution in [0.1, 0.15) is 22.8 Å². The third-order valence-corrected chi connectivity index (χ3v) is 3.55. The Labute approximate surface area is 139 Å². The van der Waals surface area contributed by atoms with E-state index in [0.717, 1.165) is 10.9 Å². The summed E-state index contributed by atoms with van der Waals surface area (Å²) in [5, 5.41) is 0.744. The van der Waals surface area contributed by atoms with Gasteiger partial charge >= 0.3 is 0 Å². The van der Waals surface area contributed by atoms with Gasteiger partial charge in [0.25, 0.3) is 5.91 Å². The first-order valence-electron chi connectivity index (χ1n) is 7.73. The molecular weight excluding hydrogens is 304 g/mol. The molecule has 2 aromatic carbocycles. The SMILES string of the molecule is CCOc1cccc2cc(C(N)=O)c(=NCc3ccccc3)oc12. The van der Waals surface area contributed by atoms with Gasteiger partial charge in [-0.25, -0.2) is 4.99 Å². The molecule has 1 heterocycles. The third kappa shape index (κ3) is 3.30. The maximum absolute atomic E-state index is 11.8. The zero-order chi connectivity index (χ0) is 16.9. The van der Waals surface area contributed by atoms with Gasteiger partial charge in [0, 0.05) is 5.39 Å². The second-order valence-corrected chi connectivity index (χ2v) is 5.24. The Balaban J connectivity index is 2.15. The van der Waals surface area contributed by atoms with Crippen molar-refractivity contribution < 1.29 is 13.9 Å². The molecule has 0 aliphatic heterocycles. The number of benzene rings is 2. The Hall–Kier alpha value is -3.08. The number of amides is 1. The number of carbonyl (C=O) groups excluding carboxylic acids is 1. The standard InChI is InChI=1S/C19H18N2O3/c1-2-23-16-10-6-9-14-11-15(18(20)22)19(24-17(14)16)21-12-13-7-4-3-5-8-13/h3-11H,2,12H2,1H3,(H2,20,22). The van der Waals surface area contributed by atoms with E-state index < -0.39 is 5.91 Å². The molecule has 0 aliphatic rings. The Bertz CT molecular complexity index is 930. The minimum absolute atomic E-state index is 0.214. The van der Waals surface area contributed by atoms with Crippen LogP contribution in [0.2, 0.25) is 0 Å². The average molecular weight is 322 g/mol. The molecule has 5 heteroatoms. The number of rotatable bonds is 5. The smallest absolute Gasteiger partial charge is 0.254 e. The van der Waals surface area contributed by atoms with Gasteiger partial charge < -0.3 is 14.9 Å². The van der Waals surface area contributed by atoms with E-state index in [4.69, 9.17) is 14.9 Å². The van der Waals surface area contributed by atoms with Crippen molar-refractivity contribution in [1.29, 1.82) is 0 Å². The zero-order valence-corrected chi connectivity index (χ0v) is 13.4. The second kappa shape index (κ2) is 7.00. The van der Waals surface area contributed by atoms with Gasteiger partial charge in [0.05, 0.1) is 13.2 Å². The predicted octanol–water partition coefficient (Wildman–Crippen LogP) is 3.03. The number of fused-ring (bicyclic) bond motifs is 1. The van der Waals surface area contributed by atoms with Gasteiger partial charge in [-0.15, -0.1) is 0 Å². The summed E-state index contributed by atoms with van der Waals surface area (Å²) in [6.45, 7) is 2.81. The Morgan fingerprint density at radius 1 is 1.17 bits per heavy atom. The molecule has 0 saturated heterocycles. The predicted molar refractivity (Wildman–Crippen MR) is 91.6 cm³/mol. The van der Waals surface area contributed by atoms with Gasteiger partial charge in [0.1, 0.15) is 5.56 Å². The largest absolute Gasteiger partial charge is 0.490 e. The van der Waals surface area contributed by atoms with Crippen LogP contribution in [-0.2, 0) is 6.54 Å². The molecule has 122 valence electrons. The molecule has 2 N–H and O–H groups in total. The van der Waals surface area contributed by atoms with E-state index in [1.54, 1.807) is 6.07 Å². The van der Waals surface area contributed by atoms with Crippen LogP contribution >= 0.6 is 0 Å². The molecule has 0 bridgehead atoms. The molecule has 24 heavy (non-hydrogen) atoms. The van der Waals surface area contributed by atoms with Crippen LogP contribution in [0.5, 0.6) is 5.75 Å². The van der Waals surface area contributed by atoms with E-state index in [2.05, 4.69) is 4.99 Å². The summed E-state index contributed by atoms with van der Waals surface area (Å²) < 4.78 is 11.5. The lowest BCUT2D eigenvalue weighted by molar-refractivity contribution is 0.0996. The highest BCUT2D eigenvalue weighted by Gasteiger charge is 2.12. The number of ether oxygens (including phenoxy) is 1. The third-order valence-electron chi connectivity index (χ3n) is 3.55. The number of hydrogen-bond acceptors (Lipinski definition) is 4. The van der Waals surface area contributed by atoms with E-state index in [9.17, 15) is 4.79 Å². The summed E-state index contributed by atoms with van der Waals surface area (Å²) >= 11 is 0. The van der Waals surface area contributed by atoms with Crippen LogP contribution in [0.4, 0.5) is 0 Å². The number of carbonyl (C=O) groups is 1. The summed E-state index contributed by atoms with van der Waals surface area (Å²) in [6.07, 6.45) is 0. The van der Waals surface area contributed by atoms with E-state index in [-0.39, 0.29) is 11.1 Å². The van der Waals surface area contributed by atoms with Crippen LogP contribution < -0.4 is 16.0 Å². The fourth-order valence-corrected chi connectivity index (χ4v) is 2.43. The molecule has 0 radical (unpaired) electrons. The van der Waals surface area contributed by atoms with Crippen LogP contribution in [0.3, 0.4) is 0 Å². The normalized spacial score (nSPS) is 11.6. The Kier molecular flexibility index (Phi) is 4.61. The molecule has 0 fully saturated rings. The molecule has 3 aromatic rings. The number of para-hydroxylation sites is 1. The maximum Gasteiger partial charge on any atom is 0.254 e. The van der Waals surface area contributed by atoms with Gasteiger partial charge in [0.2, 0.25) is 5.55 Å². The van der Waals surface area contributed by atoms with E-state index in [0.29, 0.717) is 24.5 Å². The van der Waals surface area contributed by atoms with Crippen molar-refractivity contribution in [3.8, 4) is 5.75 Å². The highest BCUT2D eigenvalue weighted by atomic mass is 16.5. The van der Waals surface area contributed by atoms with Crippen molar-refractivity contribution in [2.24, 2.45) is 10.7 Å². The van der Waals surface area contributed by atoms with Crippen molar-refractivity contribution in [2.75, 3.05) is 6.61 Å². The van der Waals surface area contributed by atoms with E-state index in [1.165, 1.54) is 0 Å². The minimum atomic E-state index is -0.575. The lowest BCUT2D eigenvalue weighted by Crippen LogP contribution is -2.22. The molecule has 3 rings (SSSR count). The molecule has 0 atom stereocenters. The van der Waals surface area contributed by atoms with Crippen LogP contribution in [-0.4, -0.2) is 12.5 Å². The average Bonchev–Trinajstić information content (AvgIpc) is 2.60. The van der Waals surface area contributed by atoms with Gasteiger partial charge in [0.15, 0.2) is 11.3 Å². The maximum atomic E-state index is 11.8. The Morgan fingerprint density at radius 2 is 1.96 bits per heavy atom. The highest BCUT2D eigenvalue weighted by Crippen LogP contribution is 2.24. The lowest BCUT2D eigenvalue weighted by Gasteiger charge is -2.07. The lowest BCUT2D eigenvalue weighted by atomic mass is 10.1. The quantitative estimate of drug-likeness (QED) is 0.784. The summed E-state index contributed by atoms with van der Waals surface area (Å²) in [5.41, 5.74) is 7.52. The second-order valence-electron chi connectivity index (χ2n) is 5.24. The van der Waals surface area contributed by atoms with Crippen molar-refractivity contribution in [2.45, 2.75) is 13.5 Å². The number of nitrogens with two attached hydrogens (primary N) is 1. The number of primary amides is 1. The summed E-state index contributed by atoms with van der Waals surface area (Å²) in [5.74, 6) is 0.0384. The van der Waals surface area contributed by atoms with Crippen molar-refractivity contribution in [1.82, 2.24) is 0 Å². The van der Waals surface area contributed by atoms with Crippen LogP contribution in [0.25, 0.3) is 11.0 Å². The first-order valence-corrected chi connectivity index (χ1v) is 7.73. The monoisotopic (exact) mass is 322 g/mol. The molecular formula is C19H18N2O3. The van der Waals surface area contributed by atoms with Crippen molar-refractivity contribution >= 4 is 16.9 Å². The first kappa shape index (κ1) is 15.8. The molecule has 1 amide bonds. The summed E-state index contributed by atoms with van der Waals surface area (Å²) in [4.78, 5) is 16.2. The zero-order valence-electron chi connectivity index (χ0n) is 13.4.